The molecule has 0 atom stereocenters. The van der Waals surface area contributed by atoms with Gasteiger partial charge in [0.25, 0.3) is 5.69 Å². The van der Waals surface area contributed by atoms with Crippen LogP contribution < -0.4 is 0 Å². The number of hydrogen-bond acceptors (Lipinski definition) is 5. The van der Waals surface area contributed by atoms with E-state index in [0.717, 1.165) is 5.56 Å². The van der Waals surface area contributed by atoms with Crippen molar-refractivity contribution >= 4 is 16.9 Å². The van der Waals surface area contributed by atoms with Crippen molar-refractivity contribution in [3.05, 3.63) is 46.9 Å². The van der Waals surface area contributed by atoms with Crippen molar-refractivity contribution in [2.24, 2.45) is 0 Å². The van der Waals surface area contributed by atoms with Crippen LogP contribution in [0.4, 0.5) is 5.69 Å². The summed E-state index contributed by atoms with van der Waals surface area (Å²) in [5, 5.41) is 10.6. The molecule has 7 nitrogen and oxygen atoms in total. The Morgan fingerprint density at radius 2 is 2.06 bits per heavy atom. The summed E-state index contributed by atoms with van der Waals surface area (Å²) >= 11 is 0. The highest BCUT2D eigenvalue weighted by molar-refractivity contribution is 5.77. The van der Waals surface area contributed by atoms with Crippen molar-refractivity contribution < 1.29 is 4.92 Å². The molecule has 0 radical (unpaired) electrons. The minimum absolute atomic E-state index is 0.0626. The second kappa shape index (κ2) is 3.88. The minimum Gasteiger partial charge on any atom is -0.336 e. The number of nitrogens with one attached hydrogen (secondary N) is 1. The van der Waals surface area contributed by atoms with E-state index >= 15 is 0 Å². The fraction of sp³-hybridized carbons (Fsp3) is 0. The second-order valence-electron chi connectivity index (χ2n) is 3.64. The zero-order chi connectivity index (χ0) is 12.5. The van der Waals surface area contributed by atoms with E-state index in [-0.39, 0.29) is 5.69 Å². The van der Waals surface area contributed by atoms with Crippen molar-refractivity contribution in [1.29, 1.82) is 0 Å². The van der Waals surface area contributed by atoms with Crippen molar-refractivity contribution in [3.63, 3.8) is 0 Å². The van der Waals surface area contributed by atoms with E-state index in [4.69, 9.17) is 0 Å². The van der Waals surface area contributed by atoms with Crippen LogP contribution in [-0.2, 0) is 0 Å². The van der Waals surface area contributed by atoms with Crippen molar-refractivity contribution in [3.8, 4) is 11.4 Å². The molecule has 3 aromatic rings. The monoisotopic (exact) mass is 241 g/mol. The molecule has 0 bridgehead atoms. The van der Waals surface area contributed by atoms with Crippen LogP contribution in [0.2, 0.25) is 0 Å². The van der Waals surface area contributed by atoms with Crippen LogP contribution in [-0.4, -0.2) is 24.9 Å². The highest BCUT2D eigenvalue weighted by atomic mass is 16.6. The van der Waals surface area contributed by atoms with E-state index in [0.29, 0.717) is 17.0 Å². The molecule has 3 aromatic heterocycles. The fourth-order valence-electron chi connectivity index (χ4n) is 1.64. The van der Waals surface area contributed by atoms with Gasteiger partial charge in [0.2, 0.25) is 0 Å². The molecule has 3 heterocycles. The summed E-state index contributed by atoms with van der Waals surface area (Å²) in [5.74, 6) is 0.611. The number of fused-ring (bicyclic) bond motifs is 1. The van der Waals surface area contributed by atoms with Crippen LogP contribution in [0.3, 0.4) is 0 Å². The third-order valence-corrected chi connectivity index (χ3v) is 2.49. The van der Waals surface area contributed by atoms with Crippen molar-refractivity contribution in [1.82, 2.24) is 19.9 Å². The Kier molecular flexibility index (Phi) is 2.23. The lowest BCUT2D eigenvalue weighted by Gasteiger charge is -1.92. The highest BCUT2D eigenvalue weighted by Crippen LogP contribution is 2.21. The van der Waals surface area contributed by atoms with Gasteiger partial charge in [-0.15, -0.1) is 0 Å². The molecule has 0 aliphatic heterocycles. The predicted octanol–water partition coefficient (Wildman–Crippen LogP) is 1.93. The molecule has 0 fully saturated rings. The zero-order valence-electron chi connectivity index (χ0n) is 9.07. The molecule has 3 rings (SSSR count). The molecule has 7 heteroatoms. The molecule has 0 saturated heterocycles. The summed E-state index contributed by atoms with van der Waals surface area (Å²) in [4.78, 5) is 25.3. The van der Waals surface area contributed by atoms with Crippen LogP contribution in [0.15, 0.2) is 36.8 Å². The van der Waals surface area contributed by atoms with Gasteiger partial charge in [0.1, 0.15) is 12.0 Å². The first-order valence-electron chi connectivity index (χ1n) is 5.14. The lowest BCUT2D eigenvalue weighted by atomic mass is 10.2. The predicted molar refractivity (Wildman–Crippen MR) is 63.8 cm³/mol. The molecule has 0 spiro atoms. The number of nitro groups is 1. The zero-order valence-corrected chi connectivity index (χ0v) is 9.07. The SMILES string of the molecule is O=[N+]([O-])c1cnc2nc(-c3ccncc3)[nH]c2c1. The molecule has 0 aliphatic rings. The minimum atomic E-state index is -0.487. The van der Waals surface area contributed by atoms with Gasteiger partial charge in [-0.1, -0.05) is 0 Å². The van der Waals surface area contributed by atoms with Gasteiger partial charge in [-0.05, 0) is 12.1 Å². The van der Waals surface area contributed by atoms with Crippen LogP contribution in [0.25, 0.3) is 22.6 Å². The Morgan fingerprint density at radius 3 is 2.78 bits per heavy atom. The molecule has 18 heavy (non-hydrogen) atoms. The Hall–Kier alpha value is -2.83. The number of imidazole rings is 1. The molecular weight excluding hydrogens is 234 g/mol. The van der Waals surface area contributed by atoms with Gasteiger partial charge in [0.05, 0.1) is 10.4 Å². The number of rotatable bonds is 2. The van der Waals surface area contributed by atoms with Crippen LogP contribution in [0, 0.1) is 10.1 Å². The quantitative estimate of drug-likeness (QED) is 0.546. The summed E-state index contributed by atoms with van der Waals surface area (Å²) in [6.45, 7) is 0. The maximum Gasteiger partial charge on any atom is 0.289 e. The lowest BCUT2D eigenvalue weighted by molar-refractivity contribution is -0.385. The molecule has 0 amide bonds. The Morgan fingerprint density at radius 1 is 1.28 bits per heavy atom. The number of nitrogens with zero attached hydrogens (tertiary/aromatic N) is 4. The second-order valence-corrected chi connectivity index (χ2v) is 3.64. The van der Waals surface area contributed by atoms with E-state index in [2.05, 4.69) is 19.9 Å². The van der Waals surface area contributed by atoms with Gasteiger partial charge in [0.15, 0.2) is 5.65 Å². The Balaban J connectivity index is 2.14. The first-order valence-corrected chi connectivity index (χ1v) is 5.14. The number of aromatic amines is 1. The summed E-state index contributed by atoms with van der Waals surface area (Å²) in [6.07, 6.45) is 4.50. The highest BCUT2D eigenvalue weighted by Gasteiger charge is 2.11. The Labute approximate surface area is 101 Å². The van der Waals surface area contributed by atoms with E-state index in [1.807, 2.05) is 0 Å². The Bertz CT molecular complexity index is 723. The molecule has 0 saturated carbocycles. The lowest BCUT2D eigenvalue weighted by Crippen LogP contribution is -1.88. The molecule has 0 unspecified atom stereocenters. The van der Waals surface area contributed by atoms with Crippen LogP contribution in [0.5, 0.6) is 0 Å². The fourth-order valence-corrected chi connectivity index (χ4v) is 1.64. The van der Waals surface area contributed by atoms with E-state index < -0.39 is 4.92 Å². The topological polar surface area (TPSA) is 97.6 Å². The maximum absolute atomic E-state index is 10.6. The average Bonchev–Trinajstić information content (AvgIpc) is 2.82. The summed E-state index contributed by atoms with van der Waals surface area (Å²) < 4.78 is 0. The first kappa shape index (κ1) is 10.3. The largest absolute Gasteiger partial charge is 0.336 e. The van der Waals surface area contributed by atoms with Gasteiger partial charge >= 0.3 is 0 Å². The third-order valence-electron chi connectivity index (χ3n) is 2.49. The molecule has 1 N–H and O–H groups in total. The molecular formula is C11H7N5O2. The van der Waals surface area contributed by atoms with E-state index in [1.54, 1.807) is 24.5 Å². The summed E-state index contributed by atoms with van der Waals surface area (Å²) in [5.41, 5.74) is 1.78. The van der Waals surface area contributed by atoms with Crippen molar-refractivity contribution in [2.75, 3.05) is 0 Å². The normalized spacial score (nSPS) is 10.7. The van der Waals surface area contributed by atoms with E-state index in [9.17, 15) is 10.1 Å². The van der Waals surface area contributed by atoms with Gasteiger partial charge in [0, 0.05) is 24.0 Å². The van der Waals surface area contributed by atoms with Crippen LogP contribution >= 0.6 is 0 Å². The summed E-state index contributed by atoms with van der Waals surface area (Å²) in [7, 11) is 0. The molecule has 0 aliphatic carbocycles. The maximum atomic E-state index is 10.6. The first-order chi connectivity index (χ1) is 8.74. The number of hydrogen-bond donors (Lipinski definition) is 1. The smallest absolute Gasteiger partial charge is 0.289 e. The van der Waals surface area contributed by atoms with Crippen LogP contribution in [0.1, 0.15) is 0 Å². The standard InChI is InChI=1S/C11H7N5O2/c17-16(18)8-5-9-11(13-6-8)15-10(14-9)7-1-3-12-4-2-7/h1-6H,(H,13,14,15). The molecule has 88 valence electrons. The van der Waals surface area contributed by atoms with Gasteiger partial charge in [-0.25, -0.2) is 9.97 Å². The number of aromatic nitrogens is 4. The van der Waals surface area contributed by atoms with Crippen molar-refractivity contribution in [2.45, 2.75) is 0 Å². The number of pyridine rings is 2. The summed E-state index contributed by atoms with van der Waals surface area (Å²) in [6, 6.07) is 5.01. The van der Waals surface area contributed by atoms with Gasteiger partial charge in [-0.2, -0.15) is 0 Å². The van der Waals surface area contributed by atoms with E-state index in [1.165, 1.54) is 12.3 Å². The average molecular weight is 241 g/mol. The molecule has 0 aromatic carbocycles. The van der Waals surface area contributed by atoms with Gasteiger partial charge in [-0.3, -0.25) is 15.1 Å². The third kappa shape index (κ3) is 1.67. The van der Waals surface area contributed by atoms with Gasteiger partial charge < -0.3 is 4.98 Å². The number of H-pyrrole nitrogens is 1.